The minimum atomic E-state index is -1.30. The number of nitrogens with two attached hydrogens (primary N) is 2. The molecule has 132 valence electrons. The van der Waals surface area contributed by atoms with Crippen LogP contribution in [-0.4, -0.2) is 32.4 Å². The maximum atomic E-state index is 11.3. The molecule has 0 saturated carbocycles. The monoisotopic (exact) mass is 346 g/mol. The van der Waals surface area contributed by atoms with Gasteiger partial charge in [-0.25, -0.2) is 9.59 Å². The van der Waals surface area contributed by atoms with Gasteiger partial charge in [-0.3, -0.25) is 0 Å². The zero-order valence-corrected chi connectivity index (χ0v) is 13.4. The minimum absolute atomic E-state index is 0.252. The summed E-state index contributed by atoms with van der Waals surface area (Å²) in [6.45, 7) is 1.80. The fraction of sp³-hybridized carbons (Fsp3) is 0.176. The molecule has 0 saturated heterocycles. The van der Waals surface area contributed by atoms with Crippen LogP contribution < -0.4 is 11.5 Å². The predicted octanol–water partition coefficient (Wildman–Crippen LogP) is 2.20. The van der Waals surface area contributed by atoms with Crippen molar-refractivity contribution in [2.75, 3.05) is 11.5 Å². The number of aromatic hydroxyl groups is 2. The first-order chi connectivity index (χ1) is 11.7. The molecule has 8 heteroatoms. The van der Waals surface area contributed by atoms with Gasteiger partial charge in [-0.2, -0.15) is 0 Å². The highest BCUT2D eigenvalue weighted by atomic mass is 16.4. The molecule has 0 amide bonds. The van der Waals surface area contributed by atoms with E-state index in [9.17, 15) is 30.0 Å². The van der Waals surface area contributed by atoms with Gasteiger partial charge in [0.05, 0.1) is 22.5 Å². The fourth-order valence-corrected chi connectivity index (χ4v) is 2.74. The summed E-state index contributed by atoms with van der Waals surface area (Å²) in [5.41, 5.74) is 11.0. The maximum Gasteiger partial charge on any atom is 0.337 e. The lowest BCUT2D eigenvalue weighted by Crippen LogP contribution is -2.09. The summed E-state index contributed by atoms with van der Waals surface area (Å²) in [5, 5.41) is 38.2. The number of nitrogen functional groups attached to an aromatic ring is 2. The number of carbonyl (C=O) groups is 2. The third kappa shape index (κ3) is 3.27. The second kappa shape index (κ2) is 6.60. The van der Waals surface area contributed by atoms with Crippen LogP contribution in [-0.2, 0) is 0 Å². The van der Waals surface area contributed by atoms with Crippen molar-refractivity contribution in [3.05, 3.63) is 46.5 Å². The molecular formula is C17H18N2O6. The first-order valence-corrected chi connectivity index (χ1v) is 7.38. The van der Waals surface area contributed by atoms with Crippen LogP contribution >= 0.6 is 0 Å². The first kappa shape index (κ1) is 17.9. The molecule has 0 heterocycles. The molecule has 0 aliphatic carbocycles. The fourth-order valence-electron chi connectivity index (χ4n) is 2.74. The van der Waals surface area contributed by atoms with Crippen LogP contribution in [0.3, 0.4) is 0 Å². The van der Waals surface area contributed by atoms with E-state index in [0.717, 1.165) is 0 Å². The topological polar surface area (TPSA) is 167 Å². The van der Waals surface area contributed by atoms with Crippen molar-refractivity contribution < 1.29 is 30.0 Å². The molecule has 25 heavy (non-hydrogen) atoms. The molecule has 0 atom stereocenters. The summed E-state index contributed by atoms with van der Waals surface area (Å²) in [7, 11) is 0. The average molecular weight is 346 g/mol. The number of hydrogen-bond acceptors (Lipinski definition) is 6. The Morgan fingerprint density at radius 3 is 1.52 bits per heavy atom. The maximum absolute atomic E-state index is 11.3. The molecule has 0 radical (unpaired) electrons. The number of anilines is 2. The number of phenols is 2. The Kier molecular flexibility index (Phi) is 4.73. The van der Waals surface area contributed by atoms with E-state index < -0.39 is 17.9 Å². The summed E-state index contributed by atoms with van der Waals surface area (Å²) in [5.74, 6) is -3.83. The number of hydrogen-bond donors (Lipinski definition) is 6. The molecule has 0 aliphatic heterocycles. The molecule has 2 aromatic carbocycles. The van der Waals surface area contributed by atoms with Crippen LogP contribution in [0.2, 0.25) is 0 Å². The Morgan fingerprint density at radius 2 is 1.24 bits per heavy atom. The molecule has 0 fully saturated rings. The Balaban J connectivity index is 2.66. The molecular weight excluding hydrogens is 328 g/mol. The van der Waals surface area contributed by atoms with Crippen molar-refractivity contribution in [2.24, 2.45) is 0 Å². The standard InChI is InChI=1S/C17H18N2O6/c1-2-9(7-3-10(16(22)23)14(18)12(20)5-7)8-4-11(17(24)25)15(19)13(21)6-8/h3-6,9,20-21H,2,18-19H2,1H3,(H,22,23)(H,24,25). The van der Waals surface area contributed by atoms with Gasteiger partial charge in [-0.05, 0) is 41.8 Å². The van der Waals surface area contributed by atoms with E-state index in [1.807, 2.05) is 0 Å². The lowest BCUT2D eigenvalue weighted by Gasteiger charge is -2.19. The summed E-state index contributed by atoms with van der Waals surface area (Å²) in [6.07, 6.45) is 0.449. The van der Waals surface area contributed by atoms with E-state index in [1.54, 1.807) is 6.92 Å². The minimum Gasteiger partial charge on any atom is -0.506 e. The second-order valence-corrected chi connectivity index (χ2v) is 5.57. The predicted molar refractivity (Wildman–Crippen MR) is 91.1 cm³/mol. The highest BCUT2D eigenvalue weighted by Crippen LogP contribution is 2.37. The largest absolute Gasteiger partial charge is 0.506 e. The van der Waals surface area contributed by atoms with Crippen LogP contribution in [0.15, 0.2) is 24.3 Å². The molecule has 0 aromatic heterocycles. The lowest BCUT2D eigenvalue weighted by atomic mass is 9.86. The van der Waals surface area contributed by atoms with Crippen molar-refractivity contribution >= 4 is 23.3 Å². The van der Waals surface area contributed by atoms with Crippen molar-refractivity contribution in [2.45, 2.75) is 19.3 Å². The van der Waals surface area contributed by atoms with E-state index in [4.69, 9.17) is 11.5 Å². The second-order valence-electron chi connectivity index (χ2n) is 5.57. The van der Waals surface area contributed by atoms with E-state index in [0.29, 0.717) is 17.5 Å². The summed E-state index contributed by atoms with van der Waals surface area (Å²) >= 11 is 0. The van der Waals surface area contributed by atoms with Gasteiger partial charge in [0.2, 0.25) is 0 Å². The normalized spacial score (nSPS) is 10.8. The molecule has 0 spiro atoms. The number of carboxylic acids is 2. The quantitative estimate of drug-likeness (QED) is 0.354. The third-order valence-corrected chi connectivity index (χ3v) is 4.03. The van der Waals surface area contributed by atoms with E-state index in [1.165, 1.54) is 24.3 Å². The van der Waals surface area contributed by atoms with Gasteiger partial charge in [0.15, 0.2) is 0 Å². The van der Waals surface area contributed by atoms with Gasteiger partial charge in [0.25, 0.3) is 0 Å². The molecule has 2 aromatic rings. The van der Waals surface area contributed by atoms with Crippen molar-refractivity contribution in [3.63, 3.8) is 0 Å². The summed E-state index contributed by atoms with van der Waals surface area (Å²) in [6, 6.07) is 5.28. The van der Waals surface area contributed by atoms with E-state index in [-0.39, 0.29) is 34.0 Å². The number of aromatic carboxylic acids is 2. The zero-order valence-electron chi connectivity index (χ0n) is 13.4. The van der Waals surface area contributed by atoms with Gasteiger partial charge < -0.3 is 31.9 Å². The molecule has 0 unspecified atom stereocenters. The Morgan fingerprint density at radius 1 is 0.880 bits per heavy atom. The SMILES string of the molecule is CCC(c1cc(O)c(N)c(C(=O)O)c1)c1cc(O)c(N)c(C(=O)O)c1. The van der Waals surface area contributed by atoms with Crippen LogP contribution in [0.1, 0.15) is 51.1 Å². The Hall–Kier alpha value is -3.42. The van der Waals surface area contributed by atoms with Crippen molar-refractivity contribution in [3.8, 4) is 11.5 Å². The van der Waals surface area contributed by atoms with Gasteiger partial charge >= 0.3 is 11.9 Å². The summed E-state index contributed by atoms with van der Waals surface area (Å²) in [4.78, 5) is 22.6. The van der Waals surface area contributed by atoms with Gasteiger partial charge in [-0.15, -0.1) is 0 Å². The van der Waals surface area contributed by atoms with Crippen LogP contribution in [0.4, 0.5) is 11.4 Å². The molecule has 8 N–H and O–H groups in total. The van der Waals surface area contributed by atoms with E-state index >= 15 is 0 Å². The van der Waals surface area contributed by atoms with Crippen LogP contribution in [0.5, 0.6) is 11.5 Å². The highest BCUT2D eigenvalue weighted by molar-refractivity contribution is 5.96. The highest BCUT2D eigenvalue weighted by Gasteiger charge is 2.22. The van der Waals surface area contributed by atoms with Gasteiger partial charge in [0, 0.05) is 5.92 Å². The molecule has 0 aliphatic rings. The van der Waals surface area contributed by atoms with Crippen molar-refractivity contribution in [1.82, 2.24) is 0 Å². The van der Waals surface area contributed by atoms with Crippen LogP contribution in [0.25, 0.3) is 0 Å². The number of carboxylic acid groups (broad SMARTS) is 2. The smallest absolute Gasteiger partial charge is 0.337 e. The van der Waals surface area contributed by atoms with Gasteiger partial charge in [0.1, 0.15) is 11.5 Å². The Bertz CT molecular complexity index is 793. The molecule has 0 bridgehead atoms. The first-order valence-electron chi connectivity index (χ1n) is 7.38. The molecule has 8 nitrogen and oxygen atoms in total. The van der Waals surface area contributed by atoms with E-state index in [2.05, 4.69) is 0 Å². The third-order valence-electron chi connectivity index (χ3n) is 4.03. The zero-order chi connectivity index (χ0) is 18.9. The van der Waals surface area contributed by atoms with Crippen molar-refractivity contribution in [1.29, 1.82) is 0 Å². The Labute approximate surface area is 142 Å². The molecule has 2 rings (SSSR count). The number of rotatable bonds is 5. The number of phenolic OH excluding ortho intramolecular Hbond substituents is 2. The van der Waals surface area contributed by atoms with Gasteiger partial charge in [-0.1, -0.05) is 6.92 Å². The lowest BCUT2D eigenvalue weighted by molar-refractivity contribution is 0.0687. The average Bonchev–Trinajstić information content (AvgIpc) is 2.53. The van der Waals surface area contributed by atoms with Crippen LogP contribution in [0, 0.1) is 0 Å². The number of benzene rings is 2. The summed E-state index contributed by atoms with van der Waals surface area (Å²) < 4.78 is 0.